The first-order valence-electron chi connectivity index (χ1n) is 12.6. The van der Waals surface area contributed by atoms with Gasteiger partial charge in [0, 0.05) is 32.9 Å². The second kappa shape index (κ2) is 11.7. The lowest BCUT2D eigenvalue weighted by atomic mass is 10.1. The maximum absolute atomic E-state index is 5.34. The molecule has 0 amide bonds. The molecule has 0 saturated heterocycles. The van der Waals surface area contributed by atoms with Crippen molar-refractivity contribution in [1.29, 1.82) is 0 Å². The van der Waals surface area contributed by atoms with Crippen LogP contribution in [-0.4, -0.2) is 27.7 Å². The summed E-state index contributed by atoms with van der Waals surface area (Å²) in [5.74, 6) is 0.793. The van der Waals surface area contributed by atoms with E-state index in [1.165, 1.54) is 0 Å². The van der Waals surface area contributed by atoms with Crippen molar-refractivity contribution in [2.75, 3.05) is 7.11 Å². The highest BCUT2D eigenvalue weighted by molar-refractivity contribution is 9.10. The lowest BCUT2D eigenvalue weighted by Crippen LogP contribution is -2.13. The highest BCUT2D eigenvalue weighted by Gasteiger charge is 2.13. The second-order valence-electron chi connectivity index (χ2n) is 8.87. The Morgan fingerprint density at radius 2 is 1.45 bits per heavy atom. The van der Waals surface area contributed by atoms with Crippen molar-refractivity contribution in [3.8, 4) is 39.6 Å². The average Bonchev–Trinajstić information content (AvgIpc) is 3.63. The van der Waals surface area contributed by atoms with Gasteiger partial charge in [-0.25, -0.2) is 4.68 Å². The third-order valence-corrected chi connectivity index (χ3v) is 7.67. The Labute approximate surface area is 244 Å². The molecule has 0 spiro atoms. The second-order valence-corrected chi connectivity index (χ2v) is 10.6. The molecule has 0 aliphatic rings. The zero-order valence-corrected chi connectivity index (χ0v) is 24.0. The summed E-state index contributed by atoms with van der Waals surface area (Å²) in [5.41, 5.74) is 6.76. The van der Waals surface area contributed by atoms with Crippen molar-refractivity contribution in [1.82, 2.24) is 14.3 Å². The van der Waals surface area contributed by atoms with E-state index in [-0.39, 0.29) is 0 Å². The normalized spacial score (nSPS) is 11.8. The first-order chi connectivity index (χ1) is 19.7. The molecular formula is C32H24BrN5OS. The van der Waals surface area contributed by atoms with Crippen LogP contribution in [-0.2, 0) is 0 Å². The third kappa shape index (κ3) is 5.45. The van der Waals surface area contributed by atoms with Crippen LogP contribution in [0.25, 0.3) is 33.9 Å². The summed E-state index contributed by atoms with van der Waals surface area (Å²) in [6.07, 6.45) is 3.74. The number of ether oxygens (including phenoxy) is 1. The molecule has 6 rings (SSSR count). The van der Waals surface area contributed by atoms with E-state index in [0.29, 0.717) is 0 Å². The van der Waals surface area contributed by atoms with Gasteiger partial charge in [-0.3, -0.25) is 4.57 Å². The van der Waals surface area contributed by atoms with Crippen LogP contribution < -0.4 is 9.54 Å². The molecule has 0 saturated carbocycles. The summed E-state index contributed by atoms with van der Waals surface area (Å²) in [6.45, 7) is 0. The fourth-order valence-electron chi connectivity index (χ4n) is 4.34. The Bertz CT molecular complexity index is 1820. The van der Waals surface area contributed by atoms with Crippen molar-refractivity contribution >= 4 is 33.5 Å². The van der Waals surface area contributed by atoms with Gasteiger partial charge in [0.25, 0.3) is 0 Å². The number of aromatic nitrogens is 3. The molecule has 6 nitrogen and oxygen atoms in total. The van der Waals surface area contributed by atoms with Crippen molar-refractivity contribution in [2.45, 2.75) is 0 Å². The number of hydrogen-bond donors (Lipinski definition) is 0. The lowest BCUT2D eigenvalue weighted by molar-refractivity contribution is 0.415. The molecule has 2 heterocycles. The molecule has 0 bridgehead atoms. The van der Waals surface area contributed by atoms with Crippen LogP contribution in [0.4, 0.5) is 0 Å². The first-order valence-corrected chi connectivity index (χ1v) is 14.3. The molecule has 0 aliphatic carbocycles. The van der Waals surface area contributed by atoms with Crippen LogP contribution in [0.15, 0.2) is 135 Å². The van der Waals surface area contributed by atoms with Gasteiger partial charge in [-0.05, 0) is 66.2 Å². The van der Waals surface area contributed by atoms with Gasteiger partial charge in [-0.15, -0.1) is 16.4 Å². The maximum Gasteiger partial charge on any atom is 0.215 e. The van der Waals surface area contributed by atoms with E-state index in [4.69, 9.17) is 9.84 Å². The minimum absolute atomic E-state index is 0.766. The number of benzene rings is 4. The molecule has 0 radical (unpaired) electrons. The minimum Gasteiger partial charge on any atom is -0.497 e. The van der Waals surface area contributed by atoms with Crippen LogP contribution in [0.3, 0.4) is 0 Å². The first kappa shape index (κ1) is 25.7. The van der Waals surface area contributed by atoms with Gasteiger partial charge in [0.2, 0.25) is 4.80 Å². The molecule has 40 heavy (non-hydrogen) atoms. The van der Waals surface area contributed by atoms with E-state index in [2.05, 4.69) is 60.3 Å². The standard InChI is InChI=1S/C32H24BrN5OS/c1-39-29-18-14-24(15-19-29)31-25(21-37(36-31)27-8-4-2-5-9-27)20-34-35-32-38(28-10-6-3-7-11-28)30(22-40-32)23-12-16-26(33)17-13-23/h2-22H,1H3/b34-20-,35-32-. The molecule has 4 aromatic carbocycles. The number of nitrogens with zero attached hydrogens (tertiary/aromatic N) is 5. The van der Waals surface area contributed by atoms with Crippen LogP contribution in [0, 0.1) is 0 Å². The van der Waals surface area contributed by atoms with Gasteiger partial charge in [0.1, 0.15) is 11.4 Å². The van der Waals surface area contributed by atoms with E-state index in [1.807, 2.05) is 95.8 Å². The Morgan fingerprint density at radius 1 is 0.800 bits per heavy atom. The summed E-state index contributed by atoms with van der Waals surface area (Å²) >= 11 is 5.08. The number of para-hydroxylation sites is 2. The van der Waals surface area contributed by atoms with Gasteiger partial charge in [0.15, 0.2) is 0 Å². The van der Waals surface area contributed by atoms with E-state index in [9.17, 15) is 0 Å². The third-order valence-electron chi connectivity index (χ3n) is 6.33. The van der Waals surface area contributed by atoms with E-state index >= 15 is 0 Å². The Hall–Kier alpha value is -4.53. The van der Waals surface area contributed by atoms with Crippen LogP contribution >= 0.6 is 27.3 Å². The van der Waals surface area contributed by atoms with Crippen LogP contribution in [0.5, 0.6) is 5.75 Å². The Kier molecular flexibility index (Phi) is 7.52. The molecule has 0 unspecified atom stereocenters. The summed E-state index contributed by atoms with van der Waals surface area (Å²) in [5, 5.41) is 16.2. The molecule has 0 N–H and O–H groups in total. The molecule has 8 heteroatoms. The number of thiazole rings is 1. The van der Waals surface area contributed by atoms with Crippen LogP contribution in [0.2, 0.25) is 0 Å². The van der Waals surface area contributed by atoms with Crippen LogP contribution in [0.1, 0.15) is 5.56 Å². The summed E-state index contributed by atoms with van der Waals surface area (Å²) in [6, 6.07) is 36.4. The van der Waals surface area contributed by atoms with E-state index in [1.54, 1.807) is 24.7 Å². The summed E-state index contributed by atoms with van der Waals surface area (Å²) < 4.78 is 10.4. The molecule has 2 aromatic heterocycles. The SMILES string of the molecule is COc1ccc(-c2nn(-c3ccccc3)cc2/C=N\N=c2/scc(-c3ccc(Br)cc3)n2-c2ccccc2)cc1. The maximum atomic E-state index is 5.34. The Morgan fingerprint density at radius 3 is 2.12 bits per heavy atom. The zero-order chi connectivity index (χ0) is 27.3. The molecule has 0 fully saturated rings. The van der Waals surface area contributed by atoms with Gasteiger partial charge in [0.05, 0.1) is 24.7 Å². The quantitative estimate of drug-likeness (QED) is 0.138. The van der Waals surface area contributed by atoms with Crippen molar-refractivity contribution < 1.29 is 4.74 Å². The zero-order valence-electron chi connectivity index (χ0n) is 21.6. The fourth-order valence-corrected chi connectivity index (χ4v) is 5.46. The van der Waals surface area contributed by atoms with Crippen molar-refractivity contribution in [2.24, 2.45) is 10.2 Å². The Balaban J connectivity index is 1.43. The summed E-state index contributed by atoms with van der Waals surface area (Å²) in [4.78, 5) is 0.766. The minimum atomic E-state index is 0.766. The van der Waals surface area contributed by atoms with Crippen molar-refractivity contribution in [3.05, 3.63) is 136 Å². The predicted molar refractivity (Wildman–Crippen MR) is 165 cm³/mol. The highest BCUT2D eigenvalue weighted by Crippen LogP contribution is 2.26. The van der Waals surface area contributed by atoms with Gasteiger partial charge >= 0.3 is 0 Å². The molecule has 6 aromatic rings. The monoisotopic (exact) mass is 605 g/mol. The number of methoxy groups -OCH3 is 1. The molecule has 0 atom stereocenters. The molecule has 0 aliphatic heterocycles. The number of hydrogen-bond acceptors (Lipinski definition) is 5. The van der Waals surface area contributed by atoms with Crippen molar-refractivity contribution in [3.63, 3.8) is 0 Å². The highest BCUT2D eigenvalue weighted by atomic mass is 79.9. The molecular weight excluding hydrogens is 582 g/mol. The topological polar surface area (TPSA) is 56.7 Å². The predicted octanol–water partition coefficient (Wildman–Crippen LogP) is 7.76. The number of halogens is 1. The summed E-state index contributed by atoms with van der Waals surface area (Å²) in [7, 11) is 1.66. The largest absolute Gasteiger partial charge is 0.497 e. The van der Waals surface area contributed by atoms with E-state index in [0.717, 1.165) is 54.5 Å². The van der Waals surface area contributed by atoms with Gasteiger partial charge in [-0.1, -0.05) is 64.5 Å². The average molecular weight is 607 g/mol. The number of rotatable bonds is 7. The van der Waals surface area contributed by atoms with E-state index < -0.39 is 0 Å². The fraction of sp³-hybridized carbons (Fsp3) is 0.0312. The molecule has 196 valence electrons. The van der Waals surface area contributed by atoms with Gasteiger partial charge in [-0.2, -0.15) is 10.2 Å². The smallest absolute Gasteiger partial charge is 0.215 e. The lowest BCUT2D eigenvalue weighted by Gasteiger charge is -2.09. The van der Waals surface area contributed by atoms with Gasteiger partial charge < -0.3 is 4.74 Å².